The van der Waals surface area contributed by atoms with Crippen molar-refractivity contribution in [1.29, 1.82) is 5.26 Å². The average molecular weight is 234 g/mol. The maximum absolute atomic E-state index is 10.9. The summed E-state index contributed by atoms with van der Waals surface area (Å²) in [5.41, 5.74) is 6.21. The number of ether oxygens (including phenoxy) is 1. The Kier molecular flexibility index (Phi) is 4.35. The van der Waals surface area contributed by atoms with E-state index in [0.29, 0.717) is 18.5 Å². The Morgan fingerprint density at radius 3 is 2.88 bits per heavy atom. The van der Waals surface area contributed by atoms with Gasteiger partial charge in [-0.1, -0.05) is 13.3 Å². The van der Waals surface area contributed by atoms with E-state index in [-0.39, 0.29) is 11.3 Å². The van der Waals surface area contributed by atoms with Gasteiger partial charge in [-0.05, 0) is 24.6 Å². The van der Waals surface area contributed by atoms with E-state index in [1.165, 1.54) is 12.1 Å². The van der Waals surface area contributed by atoms with Gasteiger partial charge in [0.05, 0.1) is 5.56 Å². The van der Waals surface area contributed by atoms with Crippen LogP contribution in [0, 0.1) is 11.3 Å². The first-order chi connectivity index (χ1) is 8.08. The van der Waals surface area contributed by atoms with Crippen LogP contribution >= 0.6 is 0 Å². The number of benzene rings is 1. The molecular formula is C12H14N2O3. The first-order valence-electron chi connectivity index (χ1n) is 5.27. The largest absolute Gasteiger partial charge is 0.479 e. The standard InChI is InChI=1S/C12H14N2O3/c1-2-3-11(12(15)16)17-10-5-4-9(14)6-8(10)7-13/h4-6,11H,2-3,14H2,1H3,(H,15,16). The predicted octanol–water partition coefficient (Wildman–Crippen LogP) is 1.77. The third kappa shape index (κ3) is 3.38. The minimum absolute atomic E-state index is 0.243. The highest BCUT2D eigenvalue weighted by molar-refractivity contribution is 5.73. The zero-order valence-electron chi connectivity index (χ0n) is 9.51. The maximum atomic E-state index is 10.9. The lowest BCUT2D eigenvalue weighted by Gasteiger charge is -2.15. The Morgan fingerprint density at radius 2 is 2.35 bits per heavy atom. The van der Waals surface area contributed by atoms with Crippen molar-refractivity contribution in [1.82, 2.24) is 0 Å². The zero-order chi connectivity index (χ0) is 12.8. The summed E-state index contributed by atoms with van der Waals surface area (Å²) in [7, 11) is 0. The van der Waals surface area contributed by atoms with Gasteiger partial charge in [0.1, 0.15) is 11.8 Å². The van der Waals surface area contributed by atoms with Gasteiger partial charge >= 0.3 is 5.97 Å². The number of aliphatic carboxylic acids is 1. The predicted molar refractivity (Wildman–Crippen MR) is 62.5 cm³/mol. The number of nitriles is 1. The van der Waals surface area contributed by atoms with E-state index >= 15 is 0 Å². The van der Waals surface area contributed by atoms with E-state index in [0.717, 1.165) is 0 Å². The van der Waals surface area contributed by atoms with E-state index in [9.17, 15) is 4.79 Å². The number of carboxylic acid groups (broad SMARTS) is 1. The molecule has 3 N–H and O–H groups in total. The van der Waals surface area contributed by atoms with Crippen molar-refractivity contribution in [2.75, 3.05) is 5.73 Å². The second-order valence-electron chi connectivity index (χ2n) is 3.60. The van der Waals surface area contributed by atoms with Crippen LogP contribution in [0.5, 0.6) is 5.75 Å². The Balaban J connectivity index is 2.93. The lowest BCUT2D eigenvalue weighted by Crippen LogP contribution is -2.27. The molecule has 0 bridgehead atoms. The van der Waals surface area contributed by atoms with Gasteiger partial charge in [-0.15, -0.1) is 0 Å². The van der Waals surface area contributed by atoms with Crippen LogP contribution in [0.15, 0.2) is 18.2 Å². The Morgan fingerprint density at radius 1 is 1.65 bits per heavy atom. The fraction of sp³-hybridized carbons (Fsp3) is 0.333. The van der Waals surface area contributed by atoms with Crippen LogP contribution in [0.3, 0.4) is 0 Å². The van der Waals surface area contributed by atoms with Crippen LogP contribution in [0.1, 0.15) is 25.3 Å². The SMILES string of the molecule is CCCC(Oc1ccc(N)cc1C#N)C(=O)O. The van der Waals surface area contributed by atoms with Crippen LogP contribution in [0.25, 0.3) is 0 Å². The van der Waals surface area contributed by atoms with Crippen molar-refractivity contribution in [3.63, 3.8) is 0 Å². The summed E-state index contributed by atoms with van der Waals surface area (Å²) in [6.07, 6.45) is 0.147. The summed E-state index contributed by atoms with van der Waals surface area (Å²) in [5, 5.41) is 17.8. The first kappa shape index (κ1) is 12.8. The number of carbonyl (C=O) groups is 1. The van der Waals surface area contributed by atoms with Crippen molar-refractivity contribution in [3.8, 4) is 11.8 Å². The van der Waals surface area contributed by atoms with E-state index in [1.807, 2.05) is 13.0 Å². The van der Waals surface area contributed by atoms with Crippen LogP contribution in [0.2, 0.25) is 0 Å². The summed E-state index contributed by atoms with van der Waals surface area (Å²) in [4.78, 5) is 10.9. The van der Waals surface area contributed by atoms with Gasteiger partial charge in [-0.25, -0.2) is 4.79 Å². The van der Waals surface area contributed by atoms with Gasteiger partial charge in [0.15, 0.2) is 6.10 Å². The molecule has 1 rings (SSSR count). The second kappa shape index (κ2) is 5.75. The van der Waals surface area contributed by atoms with Crippen LogP contribution in [-0.4, -0.2) is 17.2 Å². The number of nitrogens with two attached hydrogens (primary N) is 1. The molecular weight excluding hydrogens is 220 g/mol. The average Bonchev–Trinajstić information content (AvgIpc) is 2.30. The molecule has 1 unspecified atom stereocenters. The molecule has 17 heavy (non-hydrogen) atoms. The monoisotopic (exact) mass is 234 g/mol. The molecule has 0 amide bonds. The van der Waals surface area contributed by atoms with Gasteiger partial charge in [-0.2, -0.15) is 5.26 Å². The molecule has 0 spiro atoms. The van der Waals surface area contributed by atoms with Crippen LogP contribution in [0.4, 0.5) is 5.69 Å². The third-order valence-electron chi connectivity index (χ3n) is 2.22. The molecule has 5 heteroatoms. The van der Waals surface area contributed by atoms with Gasteiger partial charge < -0.3 is 15.6 Å². The van der Waals surface area contributed by atoms with Crippen molar-refractivity contribution >= 4 is 11.7 Å². The Labute approximate surface area is 99.4 Å². The molecule has 0 aliphatic rings. The minimum Gasteiger partial charge on any atom is -0.479 e. The van der Waals surface area contributed by atoms with Gasteiger partial charge in [0.25, 0.3) is 0 Å². The van der Waals surface area contributed by atoms with Crippen molar-refractivity contribution in [2.24, 2.45) is 0 Å². The number of nitrogens with zero attached hydrogens (tertiary/aromatic N) is 1. The smallest absolute Gasteiger partial charge is 0.344 e. The molecule has 0 aliphatic carbocycles. The van der Waals surface area contributed by atoms with E-state index in [2.05, 4.69) is 0 Å². The van der Waals surface area contributed by atoms with Crippen LogP contribution < -0.4 is 10.5 Å². The fourth-order valence-corrected chi connectivity index (χ4v) is 1.39. The highest BCUT2D eigenvalue weighted by atomic mass is 16.5. The summed E-state index contributed by atoms with van der Waals surface area (Å²) in [5.74, 6) is -0.782. The number of rotatable bonds is 5. The maximum Gasteiger partial charge on any atom is 0.344 e. The summed E-state index contributed by atoms with van der Waals surface area (Å²) in [6, 6.07) is 6.47. The first-order valence-corrected chi connectivity index (χ1v) is 5.27. The molecule has 0 fully saturated rings. The normalized spacial score (nSPS) is 11.5. The van der Waals surface area contributed by atoms with Crippen molar-refractivity contribution in [3.05, 3.63) is 23.8 Å². The van der Waals surface area contributed by atoms with Gasteiger partial charge in [0, 0.05) is 5.69 Å². The van der Waals surface area contributed by atoms with E-state index in [4.69, 9.17) is 20.8 Å². The summed E-state index contributed by atoms with van der Waals surface area (Å²) >= 11 is 0. The lowest BCUT2D eigenvalue weighted by atomic mass is 10.1. The highest BCUT2D eigenvalue weighted by Crippen LogP contribution is 2.22. The molecule has 1 atom stereocenters. The third-order valence-corrected chi connectivity index (χ3v) is 2.22. The fourth-order valence-electron chi connectivity index (χ4n) is 1.39. The molecule has 5 nitrogen and oxygen atoms in total. The molecule has 0 radical (unpaired) electrons. The zero-order valence-corrected chi connectivity index (χ0v) is 9.51. The van der Waals surface area contributed by atoms with Gasteiger partial charge in [-0.3, -0.25) is 0 Å². The number of carboxylic acids is 1. The summed E-state index contributed by atoms with van der Waals surface area (Å²) < 4.78 is 5.32. The lowest BCUT2D eigenvalue weighted by molar-refractivity contribution is -0.145. The molecule has 0 heterocycles. The Hall–Kier alpha value is -2.22. The number of nitrogen functional groups attached to an aromatic ring is 1. The molecule has 0 saturated carbocycles. The topological polar surface area (TPSA) is 96.3 Å². The molecule has 0 aliphatic heterocycles. The van der Waals surface area contributed by atoms with Crippen LogP contribution in [-0.2, 0) is 4.79 Å². The van der Waals surface area contributed by atoms with E-state index < -0.39 is 12.1 Å². The van der Waals surface area contributed by atoms with Crippen molar-refractivity contribution < 1.29 is 14.6 Å². The quantitative estimate of drug-likeness (QED) is 0.757. The molecule has 1 aromatic carbocycles. The summed E-state index contributed by atoms with van der Waals surface area (Å²) in [6.45, 7) is 1.87. The molecule has 0 aromatic heterocycles. The molecule has 0 saturated heterocycles. The Bertz CT molecular complexity index is 452. The second-order valence-corrected chi connectivity index (χ2v) is 3.60. The number of hydrogen-bond acceptors (Lipinski definition) is 4. The van der Waals surface area contributed by atoms with Crippen molar-refractivity contribution in [2.45, 2.75) is 25.9 Å². The minimum atomic E-state index is -1.03. The number of hydrogen-bond donors (Lipinski definition) is 2. The highest BCUT2D eigenvalue weighted by Gasteiger charge is 2.19. The number of anilines is 1. The van der Waals surface area contributed by atoms with E-state index in [1.54, 1.807) is 6.07 Å². The van der Waals surface area contributed by atoms with Gasteiger partial charge in [0.2, 0.25) is 0 Å². The molecule has 1 aromatic rings. The molecule has 90 valence electrons.